The van der Waals surface area contributed by atoms with E-state index in [4.69, 9.17) is 11.6 Å². The number of hydrogen-bond donors (Lipinski definition) is 1. The van der Waals surface area contributed by atoms with Crippen LogP contribution in [0.2, 0.25) is 5.02 Å². The van der Waals surface area contributed by atoms with Crippen molar-refractivity contribution in [3.63, 3.8) is 0 Å². The molecule has 0 saturated heterocycles. The summed E-state index contributed by atoms with van der Waals surface area (Å²) in [5.41, 5.74) is 1.55. The first-order chi connectivity index (χ1) is 10.1. The van der Waals surface area contributed by atoms with E-state index in [1.54, 1.807) is 12.1 Å². The van der Waals surface area contributed by atoms with Gasteiger partial charge in [-0.15, -0.1) is 0 Å². The average Bonchev–Trinajstić information content (AvgIpc) is 2.48. The highest BCUT2D eigenvalue weighted by Gasteiger charge is 2.13. The van der Waals surface area contributed by atoms with Gasteiger partial charge in [-0.25, -0.2) is 4.39 Å². The summed E-state index contributed by atoms with van der Waals surface area (Å²) in [6.45, 7) is 3.39. The van der Waals surface area contributed by atoms with Crippen LogP contribution in [0.4, 0.5) is 10.1 Å². The minimum absolute atomic E-state index is 0.252. The van der Waals surface area contributed by atoms with Gasteiger partial charge in [0.15, 0.2) is 0 Å². The van der Waals surface area contributed by atoms with Gasteiger partial charge >= 0.3 is 0 Å². The predicted octanol–water partition coefficient (Wildman–Crippen LogP) is 4.43. The van der Waals surface area contributed by atoms with E-state index >= 15 is 0 Å². The van der Waals surface area contributed by atoms with Crippen LogP contribution in [0, 0.1) is 5.82 Å². The maximum Gasteiger partial charge on any atom is 0.125 e. The van der Waals surface area contributed by atoms with Crippen LogP contribution in [-0.4, -0.2) is 18.2 Å². The molecule has 0 aliphatic carbocycles. The molecule has 4 heteroatoms. The van der Waals surface area contributed by atoms with Crippen LogP contribution in [0.5, 0.6) is 0 Å². The van der Waals surface area contributed by atoms with Crippen molar-refractivity contribution in [3.8, 4) is 0 Å². The number of anilines is 1. The van der Waals surface area contributed by atoms with Crippen molar-refractivity contribution >= 4 is 17.3 Å². The van der Waals surface area contributed by atoms with E-state index in [0.717, 1.165) is 17.8 Å². The van der Waals surface area contributed by atoms with Crippen molar-refractivity contribution < 1.29 is 9.50 Å². The van der Waals surface area contributed by atoms with Gasteiger partial charge in [0.2, 0.25) is 0 Å². The highest BCUT2D eigenvalue weighted by atomic mass is 35.5. The van der Waals surface area contributed by atoms with Crippen molar-refractivity contribution in [2.45, 2.75) is 19.4 Å². The second-order valence-corrected chi connectivity index (χ2v) is 5.29. The second kappa shape index (κ2) is 7.43. The molecule has 2 aromatic rings. The zero-order chi connectivity index (χ0) is 15.2. The summed E-state index contributed by atoms with van der Waals surface area (Å²) in [6, 6.07) is 13.8. The number of aliphatic hydroxyl groups is 1. The van der Waals surface area contributed by atoms with Gasteiger partial charge in [-0.3, -0.25) is 0 Å². The lowest BCUT2D eigenvalue weighted by Gasteiger charge is -2.24. The van der Waals surface area contributed by atoms with Crippen LogP contribution >= 0.6 is 11.6 Å². The van der Waals surface area contributed by atoms with Crippen molar-refractivity contribution in [3.05, 3.63) is 64.9 Å². The summed E-state index contributed by atoms with van der Waals surface area (Å²) in [4.78, 5) is 2.03. The number of rotatable bonds is 6. The van der Waals surface area contributed by atoms with Gasteiger partial charge in [-0.05, 0) is 43.2 Å². The molecular weight excluding hydrogens is 289 g/mol. The van der Waals surface area contributed by atoms with Gasteiger partial charge in [0.1, 0.15) is 5.82 Å². The summed E-state index contributed by atoms with van der Waals surface area (Å²) in [7, 11) is 0. The van der Waals surface area contributed by atoms with Crippen LogP contribution < -0.4 is 4.90 Å². The van der Waals surface area contributed by atoms with E-state index in [2.05, 4.69) is 0 Å². The summed E-state index contributed by atoms with van der Waals surface area (Å²) in [5.74, 6) is -0.252. The van der Waals surface area contributed by atoms with Gasteiger partial charge in [0.25, 0.3) is 0 Å². The van der Waals surface area contributed by atoms with Crippen LogP contribution in [0.15, 0.2) is 48.5 Å². The third-order valence-corrected chi connectivity index (χ3v) is 3.84. The predicted molar refractivity (Wildman–Crippen MR) is 85.3 cm³/mol. The van der Waals surface area contributed by atoms with Crippen molar-refractivity contribution in [2.75, 3.05) is 18.0 Å². The first-order valence-electron chi connectivity index (χ1n) is 7.04. The third kappa shape index (κ3) is 4.19. The van der Waals surface area contributed by atoms with Gasteiger partial charge in [0.05, 0.1) is 6.10 Å². The third-order valence-electron chi connectivity index (χ3n) is 3.49. The maximum absolute atomic E-state index is 13.3. The Balaban J connectivity index is 2.02. The molecule has 0 spiro atoms. The van der Waals surface area contributed by atoms with Gasteiger partial charge in [0, 0.05) is 23.8 Å². The monoisotopic (exact) mass is 307 g/mol. The maximum atomic E-state index is 13.3. The molecule has 21 heavy (non-hydrogen) atoms. The molecule has 0 amide bonds. The van der Waals surface area contributed by atoms with E-state index in [0.29, 0.717) is 18.0 Å². The number of hydrogen-bond acceptors (Lipinski definition) is 2. The molecule has 0 aliphatic rings. The molecule has 2 aromatic carbocycles. The standard InChI is InChI=1S/C17H19ClFNO/c1-2-20(14-7-5-6-13(19)12-14)11-10-17(21)15-8-3-4-9-16(15)18/h3-9,12,17,21H,2,10-11H2,1H3. The molecular formula is C17H19ClFNO. The average molecular weight is 308 g/mol. The molecule has 1 N–H and O–H groups in total. The fraction of sp³-hybridized carbons (Fsp3) is 0.294. The van der Waals surface area contributed by atoms with Crippen molar-refractivity contribution in [1.29, 1.82) is 0 Å². The van der Waals surface area contributed by atoms with E-state index in [-0.39, 0.29) is 5.82 Å². The Kier molecular flexibility index (Phi) is 5.59. The molecule has 112 valence electrons. The Hall–Kier alpha value is -1.58. The minimum Gasteiger partial charge on any atom is -0.388 e. The zero-order valence-corrected chi connectivity index (χ0v) is 12.7. The molecule has 1 unspecified atom stereocenters. The van der Waals surface area contributed by atoms with Gasteiger partial charge in [-0.2, -0.15) is 0 Å². The highest BCUT2D eigenvalue weighted by Crippen LogP contribution is 2.26. The quantitative estimate of drug-likeness (QED) is 0.853. The Labute approximate surface area is 129 Å². The Morgan fingerprint density at radius 1 is 1.19 bits per heavy atom. The van der Waals surface area contributed by atoms with Gasteiger partial charge in [-0.1, -0.05) is 35.9 Å². The van der Waals surface area contributed by atoms with Crippen LogP contribution in [0.25, 0.3) is 0 Å². The Morgan fingerprint density at radius 3 is 2.62 bits per heavy atom. The molecule has 2 nitrogen and oxygen atoms in total. The number of aliphatic hydroxyl groups excluding tert-OH is 1. The number of halogens is 2. The SMILES string of the molecule is CCN(CCC(O)c1ccccc1Cl)c1cccc(F)c1. The van der Waals surface area contributed by atoms with E-state index in [1.807, 2.05) is 36.1 Å². The van der Waals surface area contributed by atoms with E-state index in [9.17, 15) is 9.50 Å². The fourth-order valence-electron chi connectivity index (χ4n) is 2.32. The molecule has 1 atom stereocenters. The normalized spacial score (nSPS) is 12.2. The molecule has 0 aromatic heterocycles. The van der Waals surface area contributed by atoms with Crippen LogP contribution in [0.3, 0.4) is 0 Å². The van der Waals surface area contributed by atoms with Crippen LogP contribution in [-0.2, 0) is 0 Å². The number of nitrogens with zero attached hydrogens (tertiary/aromatic N) is 1. The Bertz CT molecular complexity index is 591. The lowest BCUT2D eigenvalue weighted by Crippen LogP contribution is -2.25. The molecule has 0 fully saturated rings. The van der Waals surface area contributed by atoms with Crippen molar-refractivity contribution in [1.82, 2.24) is 0 Å². The molecule has 0 radical (unpaired) electrons. The molecule has 0 bridgehead atoms. The summed E-state index contributed by atoms with van der Waals surface area (Å²) in [6.07, 6.45) is -0.0880. The van der Waals surface area contributed by atoms with E-state index in [1.165, 1.54) is 12.1 Å². The lowest BCUT2D eigenvalue weighted by molar-refractivity contribution is 0.169. The topological polar surface area (TPSA) is 23.5 Å². The van der Waals surface area contributed by atoms with Crippen molar-refractivity contribution in [2.24, 2.45) is 0 Å². The largest absolute Gasteiger partial charge is 0.388 e. The number of benzene rings is 2. The smallest absolute Gasteiger partial charge is 0.125 e. The molecule has 0 heterocycles. The lowest BCUT2D eigenvalue weighted by atomic mass is 10.1. The molecule has 0 saturated carbocycles. The summed E-state index contributed by atoms with van der Waals surface area (Å²) in [5, 5.41) is 10.8. The van der Waals surface area contributed by atoms with E-state index < -0.39 is 6.10 Å². The minimum atomic E-state index is -0.624. The molecule has 2 rings (SSSR count). The van der Waals surface area contributed by atoms with Gasteiger partial charge < -0.3 is 10.0 Å². The second-order valence-electron chi connectivity index (χ2n) is 4.89. The first-order valence-corrected chi connectivity index (χ1v) is 7.42. The summed E-state index contributed by atoms with van der Waals surface area (Å²) >= 11 is 6.08. The summed E-state index contributed by atoms with van der Waals surface area (Å²) < 4.78 is 13.3. The van der Waals surface area contributed by atoms with Crippen LogP contribution in [0.1, 0.15) is 25.0 Å². The molecule has 0 aliphatic heterocycles. The fourth-order valence-corrected chi connectivity index (χ4v) is 2.58. The highest BCUT2D eigenvalue weighted by molar-refractivity contribution is 6.31. The zero-order valence-electron chi connectivity index (χ0n) is 12.0. The Morgan fingerprint density at radius 2 is 1.95 bits per heavy atom. The first kappa shape index (κ1) is 15.8.